The molecule has 0 radical (unpaired) electrons. The third-order valence-electron chi connectivity index (χ3n) is 5.37. The van der Waals surface area contributed by atoms with Crippen molar-refractivity contribution in [2.45, 2.75) is 79.6 Å². The Morgan fingerprint density at radius 3 is 2.38 bits per heavy atom. The van der Waals surface area contributed by atoms with Crippen LogP contribution in [0.25, 0.3) is 0 Å². The summed E-state index contributed by atoms with van der Waals surface area (Å²) >= 11 is 0. The number of fused-ring (bicyclic) bond motifs is 1. The molecule has 0 aromatic heterocycles. The number of hydrogen-bond donors (Lipinski definition) is 0. The Kier molecular flexibility index (Phi) is 17.8. The second-order valence-corrected chi connectivity index (χ2v) is 6.87. The second-order valence-electron chi connectivity index (χ2n) is 6.87. The molecule has 0 amide bonds. The van der Waals surface area contributed by atoms with Crippen LogP contribution in [0.1, 0.15) is 79.6 Å². The van der Waals surface area contributed by atoms with Gasteiger partial charge in [-0.25, -0.2) is 0 Å². The van der Waals surface area contributed by atoms with Crippen LogP contribution in [-0.4, -0.2) is 25.0 Å². The van der Waals surface area contributed by atoms with E-state index in [1.165, 1.54) is 63.6 Å². The Hall–Kier alpha value is -1.26. The van der Waals surface area contributed by atoms with Gasteiger partial charge in [-0.3, -0.25) is 0 Å². The first kappa shape index (κ1) is 27.0. The summed E-state index contributed by atoms with van der Waals surface area (Å²) in [6.07, 6.45) is 26.2. The van der Waals surface area contributed by atoms with Crippen molar-refractivity contribution in [3.8, 4) is 12.8 Å². The zero-order chi connectivity index (χ0) is 20.4. The van der Waals surface area contributed by atoms with Crippen LogP contribution >= 0.6 is 0 Å². The van der Waals surface area contributed by atoms with Crippen LogP contribution in [0, 0.1) is 24.2 Å². The minimum atomic E-state index is 0.586. The highest BCUT2D eigenvalue weighted by Crippen LogP contribution is 2.49. The van der Waals surface area contributed by atoms with Gasteiger partial charge in [0.2, 0.25) is 0 Å². The predicted octanol–water partition coefficient (Wildman–Crippen LogP) is 7.27. The first-order valence-electron chi connectivity index (χ1n) is 10.7. The maximum Gasteiger partial charge on any atom is 0.00377 e. The lowest BCUT2D eigenvalue weighted by Gasteiger charge is -2.51. The number of piperidine rings is 1. The van der Waals surface area contributed by atoms with Crippen LogP contribution in [0.4, 0.5) is 0 Å². The van der Waals surface area contributed by atoms with E-state index in [-0.39, 0.29) is 0 Å². The Bertz CT molecular complexity index is 415. The zero-order valence-electron chi connectivity index (χ0n) is 18.6. The summed E-state index contributed by atoms with van der Waals surface area (Å²) < 4.78 is 0. The van der Waals surface area contributed by atoms with E-state index in [0.717, 1.165) is 5.92 Å². The fraction of sp³-hybridized carbons (Fsp3) is 0.680. The van der Waals surface area contributed by atoms with Gasteiger partial charge in [0.1, 0.15) is 0 Å². The molecule has 1 aliphatic heterocycles. The molecule has 26 heavy (non-hydrogen) atoms. The number of allylic oxidation sites excluding steroid dienone is 5. The summed E-state index contributed by atoms with van der Waals surface area (Å²) in [5.74, 6) is 0.972. The molecular weight excluding hydrogens is 314 g/mol. The van der Waals surface area contributed by atoms with Crippen LogP contribution in [0.15, 0.2) is 36.5 Å². The van der Waals surface area contributed by atoms with Crippen molar-refractivity contribution >= 4 is 0 Å². The zero-order valence-corrected chi connectivity index (χ0v) is 18.6. The highest BCUT2D eigenvalue weighted by atomic mass is 15.1. The average molecular weight is 360 g/mol. The molecule has 0 bridgehead atoms. The van der Waals surface area contributed by atoms with Crippen LogP contribution in [0.5, 0.6) is 0 Å². The normalized spacial score (nSPS) is 25.0. The molecule has 1 unspecified atom stereocenters. The van der Waals surface area contributed by atoms with Crippen molar-refractivity contribution in [2.75, 3.05) is 20.1 Å². The van der Waals surface area contributed by atoms with E-state index in [9.17, 15) is 0 Å². The molecule has 1 heterocycles. The van der Waals surface area contributed by atoms with E-state index in [2.05, 4.69) is 62.6 Å². The Balaban J connectivity index is 0. The average Bonchev–Trinajstić information content (AvgIpc) is 2.71. The molecule has 2 fully saturated rings. The summed E-state index contributed by atoms with van der Waals surface area (Å²) in [5.41, 5.74) is 1.87. The molecule has 2 rings (SSSR count). The fourth-order valence-electron chi connectivity index (χ4n) is 4.23. The lowest BCUT2D eigenvalue weighted by Crippen LogP contribution is -2.48. The van der Waals surface area contributed by atoms with E-state index < -0.39 is 0 Å². The molecular formula is C25H45N. The van der Waals surface area contributed by atoms with Crippen LogP contribution in [-0.2, 0) is 0 Å². The maximum absolute atomic E-state index is 4.23. The number of terminal acetylenes is 1. The van der Waals surface area contributed by atoms with Crippen molar-refractivity contribution < 1.29 is 0 Å². The number of nitrogens with zero attached hydrogens (tertiary/aromatic N) is 1. The van der Waals surface area contributed by atoms with Crippen molar-refractivity contribution in [1.29, 1.82) is 0 Å². The molecule has 150 valence electrons. The largest absolute Gasteiger partial charge is 0.306 e. The van der Waals surface area contributed by atoms with E-state index in [4.69, 9.17) is 0 Å². The molecule has 1 saturated heterocycles. The fourth-order valence-corrected chi connectivity index (χ4v) is 4.23. The molecule has 0 N–H and O–H groups in total. The Labute approximate surface area is 165 Å². The number of hydrogen-bond acceptors (Lipinski definition) is 1. The number of rotatable bonds is 5. The van der Waals surface area contributed by atoms with E-state index in [1.54, 1.807) is 0 Å². The van der Waals surface area contributed by atoms with Crippen LogP contribution < -0.4 is 0 Å². The monoisotopic (exact) mass is 359 g/mol. The second kappa shape index (κ2) is 17.2. The quantitative estimate of drug-likeness (QED) is 0.368. The minimum Gasteiger partial charge on any atom is -0.306 e. The Morgan fingerprint density at radius 1 is 1.12 bits per heavy atom. The van der Waals surface area contributed by atoms with Gasteiger partial charge in [-0.05, 0) is 64.0 Å². The van der Waals surface area contributed by atoms with Crippen molar-refractivity contribution in [1.82, 2.24) is 4.90 Å². The topological polar surface area (TPSA) is 3.24 Å². The van der Waals surface area contributed by atoms with E-state index in [1.807, 2.05) is 27.7 Å². The maximum atomic E-state index is 4.23. The molecule has 1 aliphatic carbocycles. The highest BCUT2D eigenvalue weighted by Gasteiger charge is 2.43. The molecule has 0 aromatic carbocycles. The summed E-state index contributed by atoms with van der Waals surface area (Å²) in [6.45, 7) is 16.9. The van der Waals surface area contributed by atoms with Crippen LogP contribution in [0.3, 0.4) is 0 Å². The Morgan fingerprint density at radius 2 is 1.77 bits per heavy atom. The van der Waals surface area contributed by atoms with Crippen LogP contribution in [0.2, 0.25) is 0 Å². The molecule has 1 nitrogen and oxygen atoms in total. The molecule has 1 saturated carbocycles. The van der Waals surface area contributed by atoms with Crippen molar-refractivity contribution in [2.24, 2.45) is 11.3 Å². The summed E-state index contributed by atoms with van der Waals surface area (Å²) in [7, 11) is 2.30. The third kappa shape index (κ3) is 9.44. The highest BCUT2D eigenvalue weighted by molar-refractivity contribution is 5.19. The lowest BCUT2D eigenvalue weighted by atomic mass is 9.60. The SMILES string of the molecule is C#C.C=C(/C=C\C=C/C)CC[C@]12CCCCC1CCN(C)C2.CC.CC. The van der Waals surface area contributed by atoms with Gasteiger partial charge in [0.25, 0.3) is 0 Å². The van der Waals surface area contributed by atoms with E-state index in [0.29, 0.717) is 5.41 Å². The van der Waals surface area contributed by atoms with Gasteiger partial charge in [-0.2, -0.15) is 0 Å². The first-order valence-corrected chi connectivity index (χ1v) is 10.7. The summed E-state index contributed by atoms with van der Waals surface area (Å²) in [4.78, 5) is 2.56. The minimum absolute atomic E-state index is 0.586. The predicted molar refractivity (Wildman–Crippen MR) is 121 cm³/mol. The van der Waals surface area contributed by atoms with Gasteiger partial charge < -0.3 is 4.90 Å². The molecule has 0 spiro atoms. The lowest BCUT2D eigenvalue weighted by molar-refractivity contribution is -0.00209. The first-order chi connectivity index (χ1) is 12.7. The van der Waals surface area contributed by atoms with Gasteiger partial charge >= 0.3 is 0 Å². The molecule has 2 atom stereocenters. The van der Waals surface area contributed by atoms with Gasteiger partial charge in [0, 0.05) is 6.54 Å². The van der Waals surface area contributed by atoms with Gasteiger partial charge in [0.15, 0.2) is 0 Å². The van der Waals surface area contributed by atoms with Gasteiger partial charge in [-0.1, -0.05) is 77.0 Å². The summed E-state index contributed by atoms with van der Waals surface area (Å²) in [5, 5.41) is 0. The molecule has 2 aliphatic rings. The van der Waals surface area contributed by atoms with Crippen molar-refractivity contribution in [3.05, 3.63) is 36.5 Å². The summed E-state index contributed by atoms with van der Waals surface area (Å²) in [6, 6.07) is 0. The van der Waals surface area contributed by atoms with Gasteiger partial charge in [-0.15, -0.1) is 12.8 Å². The smallest absolute Gasteiger partial charge is 0.00377 e. The van der Waals surface area contributed by atoms with Gasteiger partial charge in [0.05, 0.1) is 0 Å². The van der Waals surface area contributed by atoms with E-state index >= 15 is 0 Å². The molecule has 1 heteroatoms. The number of likely N-dealkylation sites (tertiary alicyclic amines) is 1. The molecule has 0 aromatic rings. The van der Waals surface area contributed by atoms with Crippen molar-refractivity contribution in [3.63, 3.8) is 0 Å². The third-order valence-corrected chi connectivity index (χ3v) is 5.37. The standard InChI is InChI=1S/C19H31N.2C2H6.C2H2/c1-4-5-6-9-17(2)11-14-19-13-8-7-10-18(19)12-15-20(3)16-19;3*1-2/h4-6,9,18H,2,7-8,10-16H2,1,3H3;2*1-2H3;1-2H/b5-4-,9-6-;;;/t18?,19-;;;/m0.../s1.